The zero-order chi connectivity index (χ0) is 30.0. The highest BCUT2D eigenvalue weighted by Crippen LogP contribution is 2.54. The second-order valence-electron chi connectivity index (χ2n) is 11.6. The lowest BCUT2D eigenvalue weighted by molar-refractivity contribution is -0.201. The van der Waals surface area contributed by atoms with Gasteiger partial charge in [0.05, 0.1) is 12.0 Å². The maximum absolute atomic E-state index is 15.2. The number of carbonyl (C=O) groups is 3. The number of piperidine rings is 3. The number of nitrogens with one attached hydrogen (secondary N) is 2. The monoisotopic (exact) mass is 584 g/mol. The Bertz CT molecular complexity index is 1470. The third kappa shape index (κ3) is 4.33. The number of amides is 3. The molecule has 2 bridgehead atoms. The average molecular weight is 585 g/mol. The number of nitrogens with zero attached hydrogens (tertiary/aromatic N) is 2. The Morgan fingerprint density at radius 3 is 2.31 bits per heavy atom. The molecule has 0 spiro atoms. The van der Waals surface area contributed by atoms with Crippen molar-refractivity contribution in [1.82, 2.24) is 15.5 Å². The van der Waals surface area contributed by atoms with Crippen LogP contribution in [-0.4, -0.2) is 58.3 Å². The normalized spacial score (nSPS) is 27.3. The van der Waals surface area contributed by atoms with Gasteiger partial charge in [0, 0.05) is 36.1 Å². The van der Waals surface area contributed by atoms with Crippen LogP contribution in [0.15, 0.2) is 36.4 Å². The summed E-state index contributed by atoms with van der Waals surface area (Å²) in [5, 5.41) is 27.0. The van der Waals surface area contributed by atoms with Crippen LogP contribution in [-0.2, 0) is 20.0 Å². The number of hydrogen-bond acceptors (Lipinski definition) is 5. The van der Waals surface area contributed by atoms with Gasteiger partial charge in [0.1, 0.15) is 23.7 Å². The largest absolute Gasteiger partial charge is 0.372 e. The predicted molar refractivity (Wildman–Crippen MR) is 139 cm³/mol. The van der Waals surface area contributed by atoms with Crippen molar-refractivity contribution in [3.05, 3.63) is 59.2 Å². The van der Waals surface area contributed by atoms with Gasteiger partial charge in [-0.25, -0.2) is 17.6 Å². The maximum atomic E-state index is 15.2. The molecule has 5 aliphatic rings. The Hall–Kier alpha value is -3.98. The van der Waals surface area contributed by atoms with Crippen molar-refractivity contribution >= 4 is 17.7 Å². The number of nitriles is 1. The van der Waals surface area contributed by atoms with Crippen molar-refractivity contribution in [2.24, 2.45) is 11.8 Å². The van der Waals surface area contributed by atoms with E-state index in [0.717, 1.165) is 29.2 Å². The summed E-state index contributed by atoms with van der Waals surface area (Å²) >= 11 is 0. The molecule has 2 aromatic carbocycles. The number of halogens is 4. The van der Waals surface area contributed by atoms with E-state index in [1.54, 1.807) is 0 Å². The van der Waals surface area contributed by atoms with Crippen LogP contribution in [0.2, 0.25) is 0 Å². The van der Waals surface area contributed by atoms with Crippen molar-refractivity contribution in [3.63, 3.8) is 0 Å². The first-order chi connectivity index (χ1) is 20.0. The Morgan fingerprint density at radius 1 is 1.10 bits per heavy atom. The fourth-order valence-electron chi connectivity index (χ4n) is 7.21. The number of carbonyl (C=O) groups excluding carboxylic acids is 3. The summed E-state index contributed by atoms with van der Waals surface area (Å²) in [6.45, 7) is 0.499. The number of hydrogen-bond donors (Lipinski definition) is 3. The van der Waals surface area contributed by atoms with Gasteiger partial charge in [-0.3, -0.25) is 14.4 Å². The van der Waals surface area contributed by atoms with E-state index in [0.29, 0.717) is 19.4 Å². The molecule has 4 fully saturated rings. The standard InChI is InChI=1S/C30H28F4N4O4/c31-16-3-6-20-21-7-4-17(32)12-24(21)30(42,23(20)11-16)28(41)38-19-5-8-22(29(33,34)13-19)25(38)27(40)37-18(14-35)10-15-2-1-9-36-26(15)39/h3-4,6-7,11-12,15,18-19,22,25,42H,1-2,5,8-10,13H2,(H,36,39)(H,37,40)/t15-,18-,19+,22+,25-/m0/s1. The van der Waals surface area contributed by atoms with Crippen LogP contribution < -0.4 is 10.6 Å². The SMILES string of the molecule is N#C[C@H](C[C@@H]1CCCNC1=O)NC(=O)[C@@H]1[C@H]2CC[C@H](CC2(F)F)N1C(=O)C1(O)c2cc(F)ccc2-c2ccc(F)cc21. The molecule has 3 aliphatic heterocycles. The van der Waals surface area contributed by atoms with Gasteiger partial charge >= 0.3 is 0 Å². The fourth-order valence-corrected chi connectivity index (χ4v) is 7.21. The van der Waals surface area contributed by atoms with Gasteiger partial charge in [-0.05, 0) is 67.5 Å². The molecule has 7 rings (SSSR count). The van der Waals surface area contributed by atoms with Crippen molar-refractivity contribution in [2.45, 2.75) is 68.2 Å². The number of alkyl halides is 2. The molecule has 0 unspecified atom stereocenters. The molecule has 3 amide bonds. The van der Waals surface area contributed by atoms with E-state index >= 15 is 8.78 Å². The molecule has 1 saturated carbocycles. The summed E-state index contributed by atoms with van der Waals surface area (Å²) in [6, 6.07) is 4.60. The van der Waals surface area contributed by atoms with E-state index < -0.39 is 71.4 Å². The molecule has 0 aromatic heterocycles. The Labute approximate surface area is 238 Å². The van der Waals surface area contributed by atoms with Crippen LogP contribution >= 0.6 is 0 Å². The first-order valence-electron chi connectivity index (χ1n) is 14.0. The van der Waals surface area contributed by atoms with E-state index in [-0.39, 0.29) is 47.4 Å². The van der Waals surface area contributed by atoms with Crippen molar-refractivity contribution < 1.29 is 37.1 Å². The minimum atomic E-state index is -3.32. The first-order valence-corrected chi connectivity index (χ1v) is 14.0. The molecule has 2 aliphatic carbocycles. The molecule has 3 saturated heterocycles. The summed E-state index contributed by atoms with van der Waals surface area (Å²) in [5.41, 5.74) is -2.48. The lowest BCUT2D eigenvalue weighted by atomic mass is 9.70. The van der Waals surface area contributed by atoms with E-state index in [1.807, 2.05) is 6.07 Å². The number of fused-ring (bicyclic) bond motifs is 6. The molecular weight excluding hydrogens is 556 g/mol. The lowest BCUT2D eigenvalue weighted by Crippen LogP contribution is -2.70. The topological polar surface area (TPSA) is 123 Å². The van der Waals surface area contributed by atoms with Crippen molar-refractivity contribution in [1.29, 1.82) is 5.26 Å². The van der Waals surface area contributed by atoms with Crippen LogP contribution in [0, 0.1) is 34.8 Å². The molecular formula is C30H28F4N4O4. The molecule has 3 N–H and O–H groups in total. The zero-order valence-corrected chi connectivity index (χ0v) is 22.4. The maximum Gasteiger partial charge on any atom is 0.264 e. The molecule has 2 aromatic rings. The van der Waals surface area contributed by atoms with Gasteiger partial charge in [-0.15, -0.1) is 0 Å². The van der Waals surface area contributed by atoms with Gasteiger partial charge < -0.3 is 20.6 Å². The third-order valence-corrected chi connectivity index (χ3v) is 9.17. The second kappa shape index (κ2) is 10.1. The molecule has 3 heterocycles. The molecule has 220 valence electrons. The van der Waals surface area contributed by atoms with Crippen LogP contribution in [0.3, 0.4) is 0 Å². The van der Waals surface area contributed by atoms with E-state index in [4.69, 9.17) is 0 Å². The van der Waals surface area contributed by atoms with Gasteiger partial charge in [-0.1, -0.05) is 12.1 Å². The van der Waals surface area contributed by atoms with Gasteiger partial charge in [0.2, 0.25) is 11.8 Å². The van der Waals surface area contributed by atoms with Gasteiger partial charge in [-0.2, -0.15) is 5.26 Å². The average Bonchev–Trinajstić information content (AvgIpc) is 3.20. The van der Waals surface area contributed by atoms with E-state index in [2.05, 4.69) is 10.6 Å². The smallest absolute Gasteiger partial charge is 0.264 e. The molecule has 12 heteroatoms. The highest BCUT2D eigenvalue weighted by Gasteiger charge is 2.63. The molecule has 0 radical (unpaired) electrons. The van der Waals surface area contributed by atoms with E-state index in [1.165, 1.54) is 12.1 Å². The summed E-state index contributed by atoms with van der Waals surface area (Å²) < 4.78 is 59.4. The molecule has 42 heavy (non-hydrogen) atoms. The second-order valence-corrected chi connectivity index (χ2v) is 11.6. The lowest BCUT2D eigenvalue weighted by Gasteiger charge is -2.54. The van der Waals surface area contributed by atoms with Gasteiger partial charge in [0.15, 0.2) is 5.60 Å². The van der Waals surface area contributed by atoms with Crippen LogP contribution in [0.5, 0.6) is 0 Å². The number of rotatable bonds is 5. The van der Waals surface area contributed by atoms with Crippen molar-refractivity contribution in [2.75, 3.05) is 6.54 Å². The summed E-state index contributed by atoms with van der Waals surface area (Å²) in [4.78, 5) is 41.3. The Balaban J connectivity index is 1.38. The first kappa shape index (κ1) is 28.2. The third-order valence-electron chi connectivity index (χ3n) is 9.17. The molecule has 5 atom stereocenters. The predicted octanol–water partition coefficient (Wildman–Crippen LogP) is 3.12. The zero-order valence-electron chi connectivity index (χ0n) is 22.4. The number of aliphatic hydroxyl groups is 1. The highest BCUT2D eigenvalue weighted by molar-refractivity contribution is 6.01. The summed E-state index contributed by atoms with van der Waals surface area (Å²) in [6.07, 6.45) is 0.432. The number of benzene rings is 2. The highest BCUT2D eigenvalue weighted by atomic mass is 19.3. The fraction of sp³-hybridized carbons (Fsp3) is 0.467. The van der Waals surface area contributed by atoms with Gasteiger partial charge in [0.25, 0.3) is 11.8 Å². The van der Waals surface area contributed by atoms with Crippen molar-refractivity contribution in [3.8, 4) is 17.2 Å². The minimum absolute atomic E-state index is 0.0392. The Kier molecular flexibility index (Phi) is 6.76. The molecule has 8 nitrogen and oxygen atoms in total. The van der Waals surface area contributed by atoms with Crippen LogP contribution in [0.1, 0.15) is 49.7 Å². The van der Waals surface area contributed by atoms with Crippen LogP contribution in [0.25, 0.3) is 11.1 Å². The summed E-state index contributed by atoms with van der Waals surface area (Å²) in [7, 11) is 0. The summed E-state index contributed by atoms with van der Waals surface area (Å²) in [5.74, 6) is -9.48. The van der Waals surface area contributed by atoms with E-state index in [9.17, 15) is 33.5 Å². The Morgan fingerprint density at radius 2 is 1.74 bits per heavy atom. The quantitative estimate of drug-likeness (QED) is 0.467. The van der Waals surface area contributed by atoms with Crippen LogP contribution in [0.4, 0.5) is 17.6 Å². The minimum Gasteiger partial charge on any atom is -0.372 e.